The Morgan fingerprint density at radius 2 is 1.09 bits per heavy atom. The van der Waals surface area contributed by atoms with Gasteiger partial charge in [0.2, 0.25) is 0 Å². The van der Waals surface area contributed by atoms with Gasteiger partial charge in [-0.3, -0.25) is 0 Å². The first-order valence-corrected chi connectivity index (χ1v) is 12.7. The Bertz CT molecular complexity index is 1370. The molecule has 2 aliphatic rings. The summed E-state index contributed by atoms with van der Waals surface area (Å²) in [6, 6.07) is 38.6. The summed E-state index contributed by atoms with van der Waals surface area (Å²) in [4.78, 5) is 0. The maximum Gasteiger partial charge on any atom is 0.0706 e. The molecule has 2 aliphatic carbocycles. The van der Waals surface area contributed by atoms with Gasteiger partial charge in [0.1, 0.15) is 0 Å². The van der Waals surface area contributed by atoms with Gasteiger partial charge in [0.15, 0.2) is 0 Å². The van der Waals surface area contributed by atoms with Gasteiger partial charge in [-0.25, -0.2) is 0 Å². The van der Waals surface area contributed by atoms with E-state index >= 15 is 0 Å². The number of allylic oxidation sites excluding steroid dienone is 6. The first-order chi connectivity index (χ1) is 17.4. The third kappa shape index (κ3) is 3.80. The molecule has 0 nitrogen and oxygen atoms in total. The molecule has 0 aromatic heterocycles. The number of fused-ring (bicyclic) bond motifs is 2. The molecule has 0 spiro atoms. The fourth-order valence-corrected chi connectivity index (χ4v) is 5.93. The molecule has 0 saturated carbocycles. The molecule has 0 aliphatic heterocycles. The molecule has 0 fully saturated rings. The molecule has 170 valence electrons. The predicted molar refractivity (Wildman–Crippen MR) is 148 cm³/mol. The second-order valence-corrected chi connectivity index (χ2v) is 9.54. The quantitative estimate of drug-likeness (QED) is 0.294. The lowest BCUT2D eigenvalue weighted by Crippen LogP contribution is -2.32. The third-order valence-corrected chi connectivity index (χ3v) is 7.57. The predicted octanol–water partition coefficient (Wildman–Crippen LogP) is 8.46. The minimum absolute atomic E-state index is 0.353. The van der Waals surface area contributed by atoms with Crippen molar-refractivity contribution in [2.45, 2.75) is 31.1 Å². The molecule has 0 atom stereocenters. The molecule has 4 aromatic rings. The molecule has 0 saturated heterocycles. The van der Waals surface area contributed by atoms with Gasteiger partial charge in [-0.15, -0.1) is 0 Å². The van der Waals surface area contributed by atoms with E-state index in [0.29, 0.717) is 0 Å². The van der Waals surface area contributed by atoms with Gasteiger partial charge >= 0.3 is 0 Å². The summed E-state index contributed by atoms with van der Waals surface area (Å²) >= 11 is 0. The SMILES string of the molecule is C1=C/CC\C=C/C(c2ccc(C3(c4ccccc4)c4ccccc4CCc4ccccc43)cc2)=C\1. The highest BCUT2D eigenvalue weighted by molar-refractivity contribution is 5.76. The smallest absolute Gasteiger partial charge is 0.0706 e. The van der Waals surface area contributed by atoms with E-state index in [9.17, 15) is 0 Å². The van der Waals surface area contributed by atoms with Crippen LogP contribution in [0.1, 0.15) is 51.8 Å². The van der Waals surface area contributed by atoms with Gasteiger partial charge < -0.3 is 0 Å². The average molecular weight is 451 g/mol. The molecular formula is C35H30. The highest BCUT2D eigenvalue weighted by Crippen LogP contribution is 2.49. The Hall–Kier alpha value is -3.90. The number of rotatable bonds is 3. The van der Waals surface area contributed by atoms with Crippen LogP contribution in [-0.2, 0) is 18.3 Å². The Labute approximate surface area is 209 Å². The third-order valence-electron chi connectivity index (χ3n) is 7.57. The zero-order chi connectivity index (χ0) is 23.5. The van der Waals surface area contributed by atoms with Crippen LogP contribution in [0.25, 0.3) is 5.57 Å². The Morgan fingerprint density at radius 3 is 1.77 bits per heavy atom. The summed E-state index contributed by atoms with van der Waals surface area (Å²) in [6.07, 6.45) is 15.5. The molecule has 0 N–H and O–H groups in total. The van der Waals surface area contributed by atoms with Crippen LogP contribution < -0.4 is 0 Å². The standard InChI is InChI=1S/C35H30/c1-2-5-13-27(14-6-3-1)28-23-25-32(26-24-28)35(31-17-7-4-8-18-31)33-19-11-9-15-29(33)21-22-30-16-10-12-20-34(30)35/h2,4-20,23-26H,1,3,21-22H2/b5-2-,14-6-,27-13+. The van der Waals surface area contributed by atoms with E-state index in [-0.39, 0.29) is 5.41 Å². The van der Waals surface area contributed by atoms with Gasteiger partial charge in [0, 0.05) is 0 Å². The summed E-state index contributed by atoms with van der Waals surface area (Å²) in [5.74, 6) is 0. The number of aryl methyl sites for hydroxylation is 2. The zero-order valence-electron chi connectivity index (χ0n) is 20.0. The molecule has 0 heteroatoms. The fourth-order valence-electron chi connectivity index (χ4n) is 5.93. The van der Waals surface area contributed by atoms with E-state index < -0.39 is 0 Å². The lowest BCUT2D eigenvalue weighted by Gasteiger charge is -2.38. The molecule has 0 unspecified atom stereocenters. The molecule has 0 radical (unpaired) electrons. The summed E-state index contributed by atoms with van der Waals surface area (Å²) < 4.78 is 0. The first kappa shape index (κ1) is 21.6. The van der Waals surface area contributed by atoms with Crippen molar-refractivity contribution in [1.29, 1.82) is 0 Å². The van der Waals surface area contributed by atoms with Crippen LogP contribution in [-0.4, -0.2) is 0 Å². The lowest BCUT2D eigenvalue weighted by atomic mass is 9.63. The highest BCUT2D eigenvalue weighted by Gasteiger charge is 2.42. The maximum absolute atomic E-state index is 2.36. The monoisotopic (exact) mass is 450 g/mol. The van der Waals surface area contributed by atoms with E-state index in [4.69, 9.17) is 0 Å². The fraction of sp³-hybridized carbons (Fsp3) is 0.143. The van der Waals surface area contributed by atoms with E-state index in [1.165, 1.54) is 44.5 Å². The lowest BCUT2D eigenvalue weighted by molar-refractivity contribution is 0.739. The van der Waals surface area contributed by atoms with Crippen molar-refractivity contribution in [2.24, 2.45) is 0 Å². The Kier molecular flexibility index (Phi) is 5.80. The van der Waals surface area contributed by atoms with Gasteiger partial charge in [-0.2, -0.15) is 0 Å². The molecule has 4 aromatic carbocycles. The van der Waals surface area contributed by atoms with E-state index in [1.54, 1.807) is 0 Å². The molecule has 35 heavy (non-hydrogen) atoms. The number of benzene rings is 4. The van der Waals surface area contributed by atoms with Crippen molar-refractivity contribution in [3.8, 4) is 0 Å². The normalized spacial score (nSPS) is 19.6. The topological polar surface area (TPSA) is 0 Å². The molecule has 0 heterocycles. The molecule has 6 rings (SSSR count). The number of hydrogen-bond donors (Lipinski definition) is 0. The van der Waals surface area contributed by atoms with Crippen molar-refractivity contribution in [2.75, 3.05) is 0 Å². The van der Waals surface area contributed by atoms with E-state index in [1.807, 2.05) is 0 Å². The van der Waals surface area contributed by atoms with Crippen LogP contribution in [0.3, 0.4) is 0 Å². The van der Waals surface area contributed by atoms with Gasteiger partial charge in [0.05, 0.1) is 5.41 Å². The van der Waals surface area contributed by atoms with Gasteiger partial charge in [-0.1, -0.05) is 134 Å². The minimum atomic E-state index is -0.353. The number of hydrogen-bond acceptors (Lipinski definition) is 0. The van der Waals surface area contributed by atoms with E-state index in [2.05, 4.69) is 134 Å². The minimum Gasteiger partial charge on any atom is -0.0842 e. The van der Waals surface area contributed by atoms with E-state index in [0.717, 1.165) is 25.7 Å². The van der Waals surface area contributed by atoms with Crippen LogP contribution in [0.2, 0.25) is 0 Å². The van der Waals surface area contributed by atoms with Crippen molar-refractivity contribution in [3.05, 3.63) is 172 Å². The van der Waals surface area contributed by atoms with Crippen LogP contribution in [0.5, 0.6) is 0 Å². The maximum atomic E-state index is 2.36. The largest absolute Gasteiger partial charge is 0.0842 e. The summed E-state index contributed by atoms with van der Waals surface area (Å²) in [6.45, 7) is 0. The molecular weight excluding hydrogens is 420 g/mol. The van der Waals surface area contributed by atoms with Crippen LogP contribution in [0.4, 0.5) is 0 Å². The molecule has 0 amide bonds. The van der Waals surface area contributed by atoms with Crippen molar-refractivity contribution >= 4 is 5.57 Å². The summed E-state index contributed by atoms with van der Waals surface area (Å²) in [5.41, 5.74) is 10.5. The zero-order valence-corrected chi connectivity index (χ0v) is 20.0. The van der Waals surface area contributed by atoms with Gasteiger partial charge in [-0.05, 0) is 70.2 Å². The average Bonchev–Trinajstić information content (AvgIpc) is 3.05. The molecule has 0 bridgehead atoms. The summed E-state index contributed by atoms with van der Waals surface area (Å²) in [5, 5.41) is 0. The van der Waals surface area contributed by atoms with Crippen LogP contribution in [0, 0.1) is 0 Å². The highest BCUT2D eigenvalue weighted by atomic mass is 14.4. The van der Waals surface area contributed by atoms with Crippen molar-refractivity contribution in [1.82, 2.24) is 0 Å². The van der Waals surface area contributed by atoms with Gasteiger partial charge in [0.25, 0.3) is 0 Å². The summed E-state index contributed by atoms with van der Waals surface area (Å²) in [7, 11) is 0. The Balaban J connectivity index is 1.62. The van der Waals surface area contributed by atoms with Crippen molar-refractivity contribution < 1.29 is 0 Å². The first-order valence-electron chi connectivity index (χ1n) is 12.7. The Morgan fingerprint density at radius 1 is 0.514 bits per heavy atom. The second kappa shape index (κ2) is 9.39. The second-order valence-electron chi connectivity index (χ2n) is 9.54. The van der Waals surface area contributed by atoms with Crippen LogP contribution in [0.15, 0.2) is 134 Å². The van der Waals surface area contributed by atoms with Crippen molar-refractivity contribution in [3.63, 3.8) is 0 Å². The van der Waals surface area contributed by atoms with Crippen LogP contribution >= 0.6 is 0 Å².